The first-order valence-corrected chi connectivity index (χ1v) is 5.91. The fourth-order valence-electron chi connectivity index (χ4n) is 1.67. The summed E-state index contributed by atoms with van der Waals surface area (Å²) in [5.41, 5.74) is 1.88. The number of esters is 1. The smallest absolute Gasteiger partial charge is 0.315 e. The van der Waals surface area contributed by atoms with E-state index < -0.39 is 11.9 Å². The number of anilines is 1. The monoisotopic (exact) mass is 262 g/mol. The summed E-state index contributed by atoms with van der Waals surface area (Å²) in [6.45, 7) is 3.70. The number of benzene rings is 1. The first-order chi connectivity index (χ1) is 9.08. The van der Waals surface area contributed by atoms with Crippen molar-refractivity contribution in [1.82, 2.24) is 4.98 Å². The summed E-state index contributed by atoms with van der Waals surface area (Å²) >= 11 is 0. The van der Waals surface area contributed by atoms with Gasteiger partial charge in [0.1, 0.15) is 11.9 Å². The van der Waals surface area contributed by atoms with Crippen LogP contribution in [0, 0.1) is 6.92 Å². The van der Waals surface area contributed by atoms with E-state index in [4.69, 9.17) is 9.15 Å². The number of carbonyl (C=O) groups excluding carboxylic acids is 2. The number of hydrogen-bond donors (Lipinski definition) is 1. The third kappa shape index (κ3) is 3.31. The lowest BCUT2D eigenvalue weighted by molar-refractivity contribution is -0.145. The summed E-state index contributed by atoms with van der Waals surface area (Å²) in [5.74, 6) is -0.402. The Labute approximate surface area is 109 Å². The Morgan fingerprint density at radius 2 is 2.21 bits per heavy atom. The average molecular weight is 262 g/mol. The van der Waals surface area contributed by atoms with Gasteiger partial charge >= 0.3 is 5.97 Å². The lowest BCUT2D eigenvalue weighted by atomic mass is 10.2. The van der Waals surface area contributed by atoms with E-state index in [2.05, 4.69) is 10.3 Å². The quantitative estimate of drug-likeness (QED) is 0.673. The Morgan fingerprint density at radius 3 is 2.95 bits per heavy atom. The van der Waals surface area contributed by atoms with Crippen molar-refractivity contribution in [2.75, 3.05) is 11.9 Å². The van der Waals surface area contributed by atoms with Gasteiger partial charge in [-0.25, -0.2) is 4.98 Å². The largest absolute Gasteiger partial charge is 0.466 e. The number of nitrogens with zero attached hydrogens (tertiary/aromatic N) is 1. The molecule has 0 unspecified atom stereocenters. The molecule has 0 aliphatic heterocycles. The molecule has 1 N–H and O–H groups in total. The molecule has 0 bridgehead atoms. The summed E-state index contributed by atoms with van der Waals surface area (Å²) in [7, 11) is 0. The fourth-order valence-corrected chi connectivity index (χ4v) is 1.67. The lowest BCUT2D eigenvalue weighted by Crippen LogP contribution is -2.18. The Kier molecular flexibility index (Phi) is 3.79. The number of aryl methyl sites for hydroxylation is 1. The average Bonchev–Trinajstić information content (AvgIpc) is 2.68. The molecular weight excluding hydrogens is 248 g/mol. The van der Waals surface area contributed by atoms with Crippen LogP contribution in [0.1, 0.15) is 19.2 Å². The van der Waals surface area contributed by atoms with Gasteiger partial charge in [-0.05, 0) is 25.1 Å². The molecule has 0 atom stereocenters. The van der Waals surface area contributed by atoms with E-state index in [1.165, 1.54) is 0 Å². The van der Waals surface area contributed by atoms with E-state index in [9.17, 15) is 9.59 Å². The standard InChI is InChI=1S/C13H14N2O4/c1-3-18-13(17)7-12(16)15-9-4-5-11-10(6-9)14-8(2)19-11/h4-6H,3,7H2,1-2H3,(H,15,16). The van der Waals surface area contributed by atoms with Crippen LogP contribution in [0.5, 0.6) is 0 Å². The zero-order valence-electron chi connectivity index (χ0n) is 10.7. The van der Waals surface area contributed by atoms with Crippen LogP contribution in [0.15, 0.2) is 22.6 Å². The lowest BCUT2D eigenvalue weighted by Gasteiger charge is -2.04. The van der Waals surface area contributed by atoms with Crippen molar-refractivity contribution in [3.05, 3.63) is 24.1 Å². The van der Waals surface area contributed by atoms with Crippen LogP contribution in [0.2, 0.25) is 0 Å². The molecule has 0 spiro atoms. The molecule has 0 saturated carbocycles. The fraction of sp³-hybridized carbons (Fsp3) is 0.308. The molecule has 19 heavy (non-hydrogen) atoms. The van der Waals surface area contributed by atoms with Crippen molar-refractivity contribution >= 4 is 28.7 Å². The number of oxazole rings is 1. The molecule has 0 fully saturated rings. The third-order valence-corrected chi connectivity index (χ3v) is 2.39. The summed E-state index contributed by atoms with van der Waals surface area (Å²) < 4.78 is 10.0. The number of hydrogen-bond acceptors (Lipinski definition) is 5. The van der Waals surface area contributed by atoms with Crippen LogP contribution in [-0.4, -0.2) is 23.5 Å². The predicted molar refractivity (Wildman–Crippen MR) is 68.6 cm³/mol. The van der Waals surface area contributed by atoms with E-state index in [0.717, 1.165) is 0 Å². The molecule has 1 aromatic heterocycles. The van der Waals surface area contributed by atoms with E-state index >= 15 is 0 Å². The van der Waals surface area contributed by atoms with Gasteiger partial charge in [0.2, 0.25) is 5.91 Å². The van der Waals surface area contributed by atoms with E-state index in [0.29, 0.717) is 22.7 Å². The first-order valence-electron chi connectivity index (χ1n) is 5.91. The van der Waals surface area contributed by atoms with Crippen molar-refractivity contribution in [1.29, 1.82) is 0 Å². The molecule has 6 heteroatoms. The van der Waals surface area contributed by atoms with Crippen LogP contribution < -0.4 is 5.32 Å². The van der Waals surface area contributed by atoms with Crippen molar-refractivity contribution in [2.45, 2.75) is 20.3 Å². The Hall–Kier alpha value is -2.37. The predicted octanol–water partition coefficient (Wildman–Crippen LogP) is 2.03. The Balaban J connectivity index is 2.04. The van der Waals surface area contributed by atoms with Crippen molar-refractivity contribution in [3.63, 3.8) is 0 Å². The number of ether oxygens (including phenoxy) is 1. The summed E-state index contributed by atoms with van der Waals surface area (Å²) in [5, 5.41) is 2.61. The third-order valence-electron chi connectivity index (χ3n) is 2.39. The molecule has 100 valence electrons. The number of aromatic nitrogens is 1. The van der Waals surface area contributed by atoms with Gasteiger partial charge in [0.25, 0.3) is 0 Å². The van der Waals surface area contributed by atoms with Crippen LogP contribution in [0.25, 0.3) is 11.1 Å². The molecule has 1 heterocycles. The van der Waals surface area contributed by atoms with E-state index in [1.807, 2.05) is 0 Å². The number of fused-ring (bicyclic) bond motifs is 1. The van der Waals surface area contributed by atoms with Crippen LogP contribution in [-0.2, 0) is 14.3 Å². The normalized spacial score (nSPS) is 10.4. The highest BCUT2D eigenvalue weighted by atomic mass is 16.5. The maximum absolute atomic E-state index is 11.6. The van der Waals surface area contributed by atoms with Crippen LogP contribution >= 0.6 is 0 Å². The molecular formula is C13H14N2O4. The molecule has 1 amide bonds. The summed E-state index contributed by atoms with van der Waals surface area (Å²) in [4.78, 5) is 26.9. The molecule has 1 aromatic carbocycles. The van der Waals surface area contributed by atoms with Crippen molar-refractivity contribution in [2.24, 2.45) is 0 Å². The maximum atomic E-state index is 11.6. The minimum Gasteiger partial charge on any atom is -0.466 e. The van der Waals surface area contributed by atoms with Gasteiger partial charge in [-0.3, -0.25) is 9.59 Å². The van der Waals surface area contributed by atoms with Gasteiger partial charge in [0.15, 0.2) is 11.5 Å². The number of amides is 1. The topological polar surface area (TPSA) is 81.4 Å². The van der Waals surface area contributed by atoms with Gasteiger partial charge in [-0.15, -0.1) is 0 Å². The number of carbonyl (C=O) groups is 2. The molecule has 0 aliphatic carbocycles. The van der Waals surface area contributed by atoms with Crippen LogP contribution in [0.3, 0.4) is 0 Å². The molecule has 2 rings (SSSR count). The molecule has 2 aromatic rings. The molecule has 0 saturated heterocycles. The van der Waals surface area contributed by atoms with Gasteiger partial charge in [0.05, 0.1) is 6.61 Å². The molecule has 0 radical (unpaired) electrons. The second kappa shape index (κ2) is 5.51. The van der Waals surface area contributed by atoms with Gasteiger partial charge in [0, 0.05) is 12.6 Å². The Morgan fingerprint density at radius 1 is 1.42 bits per heavy atom. The zero-order valence-corrected chi connectivity index (χ0v) is 10.7. The summed E-state index contributed by atoms with van der Waals surface area (Å²) in [6.07, 6.45) is -0.302. The summed E-state index contributed by atoms with van der Waals surface area (Å²) in [6, 6.07) is 5.10. The van der Waals surface area contributed by atoms with Crippen LogP contribution in [0.4, 0.5) is 5.69 Å². The molecule has 0 aliphatic rings. The van der Waals surface area contributed by atoms with Crippen molar-refractivity contribution in [3.8, 4) is 0 Å². The first kappa shape index (κ1) is 13.1. The minimum atomic E-state index is -0.543. The highest BCUT2D eigenvalue weighted by molar-refractivity contribution is 6.02. The number of nitrogens with one attached hydrogen (secondary N) is 1. The highest BCUT2D eigenvalue weighted by Gasteiger charge is 2.11. The SMILES string of the molecule is CCOC(=O)CC(=O)Nc1ccc2oc(C)nc2c1. The van der Waals surface area contributed by atoms with Crippen molar-refractivity contribution < 1.29 is 18.7 Å². The van der Waals surface area contributed by atoms with Gasteiger partial charge in [-0.2, -0.15) is 0 Å². The van der Waals surface area contributed by atoms with Gasteiger partial charge < -0.3 is 14.5 Å². The zero-order chi connectivity index (χ0) is 13.8. The second-order valence-corrected chi connectivity index (χ2v) is 3.95. The molecule has 6 nitrogen and oxygen atoms in total. The Bertz CT molecular complexity index is 618. The minimum absolute atomic E-state index is 0.260. The highest BCUT2D eigenvalue weighted by Crippen LogP contribution is 2.19. The number of rotatable bonds is 4. The maximum Gasteiger partial charge on any atom is 0.315 e. The van der Waals surface area contributed by atoms with E-state index in [-0.39, 0.29) is 13.0 Å². The van der Waals surface area contributed by atoms with E-state index in [1.54, 1.807) is 32.0 Å². The second-order valence-electron chi connectivity index (χ2n) is 3.95. The van der Waals surface area contributed by atoms with Gasteiger partial charge in [-0.1, -0.05) is 0 Å².